The van der Waals surface area contributed by atoms with Crippen LogP contribution in [0.2, 0.25) is 0 Å². The Morgan fingerprint density at radius 1 is 1.60 bits per heavy atom. The van der Waals surface area contributed by atoms with Crippen molar-refractivity contribution in [1.82, 2.24) is 5.32 Å². The van der Waals surface area contributed by atoms with E-state index in [1.807, 2.05) is 12.2 Å². The highest BCUT2D eigenvalue weighted by atomic mass is 32.1. The molecule has 1 rings (SSSR count). The summed E-state index contributed by atoms with van der Waals surface area (Å²) in [6.45, 7) is 0. The first-order valence-electron chi connectivity index (χ1n) is 2.77. The zero-order valence-corrected chi connectivity index (χ0v) is 6.86. The molecule has 1 N–H and O–H groups in total. The lowest BCUT2D eigenvalue weighted by Gasteiger charge is -2.15. The van der Waals surface area contributed by atoms with Crippen molar-refractivity contribution in [3.63, 3.8) is 0 Å². The molecule has 0 saturated heterocycles. The Morgan fingerprint density at radius 3 is 2.90 bits per heavy atom. The summed E-state index contributed by atoms with van der Waals surface area (Å²) in [5, 5.41) is 2.82. The zero-order valence-electron chi connectivity index (χ0n) is 5.15. The van der Waals surface area contributed by atoms with Crippen LogP contribution in [0.25, 0.3) is 0 Å². The molecule has 1 aliphatic heterocycles. The topological polar surface area (TPSA) is 21.3 Å². The molecule has 54 valence electrons. The van der Waals surface area contributed by atoms with Crippen LogP contribution in [0.3, 0.4) is 0 Å². The van der Waals surface area contributed by atoms with Gasteiger partial charge in [0.1, 0.15) is 4.32 Å². The molecule has 0 aromatic carbocycles. The summed E-state index contributed by atoms with van der Waals surface area (Å²) in [5.41, 5.74) is 0. The molecule has 0 radical (unpaired) electrons. The van der Waals surface area contributed by atoms with Gasteiger partial charge in [0, 0.05) is 0 Å². The van der Waals surface area contributed by atoms with Crippen LogP contribution >= 0.6 is 24.8 Å². The van der Waals surface area contributed by atoms with Crippen molar-refractivity contribution in [2.75, 3.05) is 0 Å². The molecule has 0 aromatic rings. The second-order valence-electron chi connectivity index (χ2n) is 1.72. The van der Waals surface area contributed by atoms with Gasteiger partial charge in [-0.1, -0.05) is 18.3 Å². The molecule has 0 spiro atoms. The molecular formula is C6H7NOS2. The minimum Gasteiger partial charge on any atom is -0.475 e. The molecule has 1 atom stereocenters. The van der Waals surface area contributed by atoms with Crippen molar-refractivity contribution in [2.24, 2.45) is 0 Å². The lowest BCUT2D eigenvalue weighted by atomic mass is 10.4. The summed E-state index contributed by atoms with van der Waals surface area (Å²) in [5.74, 6) is 0. The van der Waals surface area contributed by atoms with Crippen molar-refractivity contribution in [3.8, 4) is 0 Å². The van der Waals surface area contributed by atoms with Crippen LogP contribution < -0.4 is 5.32 Å². The van der Waals surface area contributed by atoms with Gasteiger partial charge in [-0.2, -0.15) is 0 Å². The maximum atomic E-state index is 5.07. The van der Waals surface area contributed by atoms with E-state index in [-0.39, 0.29) is 6.23 Å². The number of allylic oxidation sites excluding steroid dienone is 2. The van der Waals surface area contributed by atoms with E-state index in [9.17, 15) is 0 Å². The third kappa shape index (κ3) is 2.41. The van der Waals surface area contributed by atoms with Gasteiger partial charge in [-0.25, -0.2) is 0 Å². The Bertz CT molecular complexity index is 188. The average molecular weight is 173 g/mol. The van der Waals surface area contributed by atoms with Crippen molar-refractivity contribution in [3.05, 3.63) is 24.5 Å². The maximum absolute atomic E-state index is 5.07. The second kappa shape index (κ2) is 3.63. The van der Waals surface area contributed by atoms with Gasteiger partial charge in [0.15, 0.2) is 6.23 Å². The van der Waals surface area contributed by atoms with Crippen molar-refractivity contribution >= 4 is 29.2 Å². The lowest BCUT2D eigenvalue weighted by molar-refractivity contribution is 0.172. The number of thiol groups is 1. The summed E-state index contributed by atoms with van der Waals surface area (Å²) < 4.78 is 5.51. The molecule has 4 heteroatoms. The van der Waals surface area contributed by atoms with E-state index in [2.05, 4.69) is 17.9 Å². The fraction of sp³-hybridized carbons (Fsp3) is 0.167. The smallest absolute Gasteiger partial charge is 0.189 e. The highest BCUT2D eigenvalue weighted by Crippen LogP contribution is 1.99. The zero-order chi connectivity index (χ0) is 7.40. The molecule has 0 aliphatic carbocycles. The monoisotopic (exact) mass is 173 g/mol. The molecule has 1 aliphatic rings. The molecule has 0 fully saturated rings. The van der Waals surface area contributed by atoms with Crippen molar-refractivity contribution in [2.45, 2.75) is 6.23 Å². The van der Waals surface area contributed by atoms with Gasteiger partial charge in [-0.15, -0.1) is 12.6 Å². The Kier molecular flexibility index (Phi) is 2.77. The van der Waals surface area contributed by atoms with Crippen LogP contribution in [0.1, 0.15) is 0 Å². The first-order chi connectivity index (χ1) is 4.79. The average Bonchev–Trinajstić information content (AvgIpc) is 1.88. The molecule has 0 bridgehead atoms. The minimum absolute atomic E-state index is 0.157. The van der Waals surface area contributed by atoms with Gasteiger partial charge in [-0.3, -0.25) is 0 Å². The number of rotatable bonds is 1. The standard InChI is InChI=1S/C6H7NOS2/c9-6(10)7-5-3-1-2-4-8-5/h1-5H,(H2,7,9,10). The maximum Gasteiger partial charge on any atom is 0.189 e. The molecule has 1 unspecified atom stereocenters. The fourth-order valence-electron chi connectivity index (χ4n) is 0.590. The van der Waals surface area contributed by atoms with Crippen molar-refractivity contribution < 1.29 is 4.74 Å². The van der Waals surface area contributed by atoms with Crippen LogP contribution in [0, 0.1) is 0 Å². The van der Waals surface area contributed by atoms with Crippen LogP contribution in [0.4, 0.5) is 0 Å². The van der Waals surface area contributed by atoms with Crippen molar-refractivity contribution in [1.29, 1.82) is 0 Å². The van der Waals surface area contributed by atoms with E-state index >= 15 is 0 Å². The molecule has 10 heavy (non-hydrogen) atoms. The largest absolute Gasteiger partial charge is 0.475 e. The van der Waals surface area contributed by atoms with E-state index < -0.39 is 0 Å². The number of thiocarbonyl (C=S) groups is 1. The van der Waals surface area contributed by atoms with Crippen LogP contribution in [-0.2, 0) is 4.74 Å². The van der Waals surface area contributed by atoms with E-state index in [1.165, 1.54) is 0 Å². The van der Waals surface area contributed by atoms with E-state index in [0.717, 1.165) is 0 Å². The highest BCUT2D eigenvalue weighted by Gasteiger charge is 2.03. The van der Waals surface area contributed by atoms with Gasteiger partial charge in [0.2, 0.25) is 0 Å². The summed E-state index contributed by atoms with van der Waals surface area (Å²) in [4.78, 5) is 0. The Balaban J connectivity index is 2.37. The Labute approximate surface area is 70.4 Å². The van der Waals surface area contributed by atoms with Gasteiger partial charge in [0.05, 0.1) is 6.26 Å². The van der Waals surface area contributed by atoms with Gasteiger partial charge in [-0.05, 0) is 12.2 Å². The third-order valence-corrected chi connectivity index (χ3v) is 1.21. The Hall–Kier alpha value is -0.480. The summed E-state index contributed by atoms with van der Waals surface area (Å²) >= 11 is 8.58. The van der Waals surface area contributed by atoms with E-state index in [0.29, 0.717) is 4.32 Å². The predicted octanol–water partition coefficient (Wildman–Crippen LogP) is 1.22. The number of ether oxygens (including phenoxy) is 1. The quantitative estimate of drug-likeness (QED) is 0.460. The Morgan fingerprint density at radius 2 is 2.40 bits per heavy atom. The SMILES string of the molecule is S=C(S)NC1C=CC=CO1. The normalized spacial score (nSPS) is 21.9. The molecule has 0 amide bonds. The summed E-state index contributed by atoms with van der Waals surface area (Å²) in [7, 11) is 0. The first-order valence-corrected chi connectivity index (χ1v) is 3.63. The molecule has 2 nitrogen and oxygen atoms in total. The minimum atomic E-state index is -0.157. The fourth-order valence-corrected chi connectivity index (χ4v) is 0.833. The molecule has 0 saturated carbocycles. The van der Waals surface area contributed by atoms with Crippen LogP contribution in [0.15, 0.2) is 24.5 Å². The molecule has 1 heterocycles. The van der Waals surface area contributed by atoms with Crippen LogP contribution in [-0.4, -0.2) is 10.5 Å². The predicted molar refractivity (Wildman–Crippen MR) is 47.9 cm³/mol. The van der Waals surface area contributed by atoms with Gasteiger partial charge < -0.3 is 10.1 Å². The number of hydrogen-bond acceptors (Lipinski definition) is 2. The molecule has 0 aromatic heterocycles. The summed E-state index contributed by atoms with van der Waals surface area (Å²) in [6.07, 6.45) is 6.98. The van der Waals surface area contributed by atoms with Gasteiger partial charge in [0.25, 0.3) is 0 Å². The third-order valence-electron chi connectivity index (χ3n) is 0.966. The van der Waals surface area contributed by atoms with Crippen LogP contribution in [0.5, 0.6) is 0 Å². The second-order valence-corrected chi connectivity index (χ2v) is 2.88. The van der Waals surface area contributed by atoms with E-state index in [4.69, 9.17) is 17.0 Å². The van der Waals surface area contributed by atoms with E-state index in [1.54, 1.807) is 12.3 Å². The number of hydrogen-bond donors (Lipinski definition) is 2. The summed E-state index contributed by atoms with van der Waals surface area (Å²) in [6, 6.07) is 0. The highest BCUT2D eigenvalue weighted by molar-refractivity contribution is 8.11. The molecular weight excluding hydrogens is 166 g/mol. The van der Waals surface area contributed by atoms with Gasteiger partial charge >= 0.3 is 0 Å². The lowest BCUT2D eigenvalue weighted by Crippen LogP contribution is -2.30. The first kappa shape index (κ1) is 7.63. The number of nitrogens with one attached hydrogen (secondary N) is 1.